The molecule has 0 aliphatic carbocycles. The molecule has 0 radical (unpaired) electrons. The maximum atomic E-state index is 10.1. The molecule has 1 N–H and O–H groups in total. The zero-order chi connectivity index (χ0) is 9.84. The van der Waals surface area contributed by atoms with Crippen molar-refractivity contribution in [2.24, 2.45) is 0 Å². The van der Waals surface area contributed by atoms with Crippen LogP contribution in [0.1, 0.15) is 18.1 Å². The molecule has 1 unspecified atom stereocenters. The average Bonchev–Trinajstić information content (AvgIpc) is 2.03. The molecule has 1 aromatic rings. The number of hydrogen-bond acceptors (Lipinski definition) is 2. The first kappa shape index (κ1) is 10.5. The summed E-state index contributed by atoms with van der Waals surface area (Å²) in [5, 5.41) is 10.3. The van der Waals surface area contributed by atoms with E-state index in [1.54, 1.807) is 18.2 Å². The third-order valence-corrected chi connectivity index (χ3v) is 2.03. The number of benzene rings is 1. The minimum absolute atomic E-state index is 0.0523. The summed E-state index contributed by atoms with van der Waals surface area (Å²) in [7, 11) is 0. The Morgan fingerprint density at radius 2 is 1.85 bits per heavy atom. The van der Waals surface area contributed by atoms with Crippen LogP contribution in [0.25, 0.3) is 0 Å². The van der Waals surface area contributed by atoms with Crippen LogP contribution in [0.15, 0.2) is 18.2 Å². The van der Waals surface area contributed by atoms with Gasteiger partial charge in [0, 0.05) is 16.5 Å². The van der Waals surface area contributed by atoms with E-state index in [4.69, 9.17) is 23.2 Å². The van der Waals surface area contributed by atoms with Gasteiger partial charge in [0.25, 0.3) is 0 Å². The summed E-state index contributed by atoms with van der Waals surface area (Å²) in [6.07, 6.45) is -0.121. The minimum atomic E-state index is -0.825. The van der Waals surface area contributed by atoms with Crippen molar-refractivity contribution in [2.45, 2.75) is 12.5 Å². The van der Waals surface area contributed by atoms with Crippen molar-refractivity contribution in [1.82, 2.24) is 0 Å². The van der Waals surface area contributed by atoms with Gasteiger partial charge in [0.05, 0.1) is 6.10 Å². The molecule has 4 heteroatoms. The lowest BCUT2D eigenvalue weighted by Crippen LogP contribution is -1.97. The van der Waals surface area contributed by atoms with Gasteiger partial charge in [-0.3, -0.25) is 0 Å². The number of hydrogen-bond donors (Lipinski definition) is 1. The SMILES string of the molecule is O=CCC(O)c1cc(Cl)cc(Cl)c1. The third kappa shape index (κ3) is 2.99. The average molecular weight is 219 g/mol. The Bertz CT molecular complexity index is 292. The quantitative estimate of drug-likeness (QED) is 0.793. The molecular formula is C9H8Cl2O2. The molecule has 1 rings (SSSR count). The Labute approximate surface area is 86.1 Å². The van der Waals surface area contributed by atoms with Crippen molar-refractivity contribution in [3.63, 3.8) is 0 Å². The van der Waals surface area contributed by atoms with Crippen molar-refractivity contribution in [2.75, 3.05) is 0 Å². The smallest absolute Gasteiger partial charge is 0.122 e. The monoisotopic (exact) mass is 218 g/mol. The molecule has 1 aromatic carbocycles. The van der Waals surface area contributed by atoms with Crippen LogP contribution >= 0.6 is 23.2 Å². The number of carbonyl (C=O) groups is 1. The first-order valence-electron chi connectivity index (χ1n) is 3.71. The molecule has 0 bridgehead atoms. The minimum Gasteiger partial charge on any atom is -0.388 e. The van der Waals surface area contributed by atoms with Gasteiger partial charge < -0.3 is 9.90 Å². The highest BCUT2D eigenvalue weighted by molar-refractivity contribution is 6.34. The highest BCUT2D eigenvalue weighted by Gasteiger charge is 2.08. The first-order valence-corrected chi connectivity index (χ1v) is 4.47. The number of rotatable bonds is 3. The van der Waals surface area contributed by atoms with Gasteiger partial charge in [0.2, 0.25) is 0 Å². The second kappa shape index (κ2) is 4.61. The summed E-state index contributed by atoms with van der Waals surface area (Å²) in [6.45, 7) is 0. The maximum absolute atomic E-state index is 10.1. The second-order valence-corrected chi connectivity index (χ2v) is 3.49. The van der Waals surface area contributed by atoms with Gasteiger partial charge in [-0.2, -0.15) is 0 Å². The van der Waals surface area contributed by atoms with E-state index in [0.717, 1.165) is 0 Å². The standard InChI is InChI=1S/C9H8Cl2O2/c10-7-3-6(4-8(11)5-7)9(13)1-2-12/h2-5,9,13H,1H2. The molecule has 0 saturated heterocycles. The molecule has 1 atom stereocenters. The number of carbonyl (C=O) groups excluding carboxylic acids is 1. The van der Waals surface area contributed by atoms with E-state index < -0.39 is 6.10 Å². The van der Waals surface area contributed by atoms with E-state index in [0.29, 0.717) is 21.9 Å². The van der Waals surface area contributed by atoms with Crippen LogP contribution in [0.3, 0.4) is 0 Å². The molecule has 0 amide bonds. The summed E-state index contributed by atoms with van der Waals surface area (Å²) in [4.78, 5) is 10.1. The van der Waals surface area contributed by atoms with E-state index >= 15 is 0 Å². The van der Waals surface area contributed by atoms with Crippen LogP contribution in [-0.4, -0.2) is 11.4 Å². The molecule has 13 heavy (non-hydrogen) atoms. The van der Waals surface area contributed by atoms with E-state index in [2.05, 4.69) is 0 Å². The van der Waals surface area contributed by atoms with Gasteiger partial charge in [-0.25, -0.2) is 0 Å². The zero-order valence-electron chi connectivity index (χ0n) is 6.71. The predicted molar refractivity (Wildman–Crippen MR) is 52.1 cm³/mol. The topological polar surface area (TPSA) is 37.3 Å². The Hall–Kier alpha value is -0.570. The lowest BCUT2D eigenvalue weighted by Gasteiger charge is -2.07. The first-order chi connectivity index (χ1) is 6.13. The van der Waals surface area contributed by atoms with Crippen LogP contribution < -0.4 is 0 Å². The number of aliphatic hydroxyl groups is 1. The molecule has 0 saturated carbocycles. The predicted octanol–water partition coefficient (Wildman–Crippen LogP) is 2.62. The van der Waals surface area contributed by atoms with Gasteiger partial charge in [-0.1, -0.05) is 23.2 Å². The molecule has 0 aliphatic rings. The van der Waals surface area contributed by atoms with Crippen molar-refractivity contribution in [3.8, 4) is 0 Å². The second-order valence-electron chi connectivity index (χ2n) is 2.62. The maximum Gasteiger partial charge on any atom is 0.122 e. The third-order valence-electron chi connectivity index (χ3n) is 1.59. The van der Waals surface area contributed by atoms with Gasteiger partial charge in [0.1, 0.15) is 6.29 Å². The van der Waals surface area contributed by atoms with Crippen LogP contribution in [-0.2, 0) is 4.79 Å². The van der Waals surface area contributed by atoms with Crippen LogP contribution in [0.4, 0.5) is 0 Å². The van der Waals surface area contributed by atoms with E-state index in [1.165, 1.54) is 0 Å². The van der Waals surface area contributed by atoms with Crippen LogP contribution in [0.2, 0.25) is 10.0 Å². The summed E-state index contributed by atoms with van der Waals surface area (Å²) in [5.74, 6) is 0. The molecule has 2 nitrogen and oxygen atoms in total. The lowest BCUT2D eigenvalue weighted by molar-refractivity contribution is -0.109. The molecule has 0 aliphatic heterocycles. The molecule has 70 valence electrons. The fourth-order valence-corrected chi connectivity index (χ4v) is 1.54. The Morgan fingerprint density at radius 3 is 2.31 bits per heavy atom. The highest BCUT2D eigenvalue weighted by Crippen LogP contribution is 2.24. The number of aliphatic hydroxyl groups excluding tert-OH is 1. The molecule has 0 aromatic heterocycles. The Kier molecular flexibility index (Phi) is 3.72. The molecular weight excluding hydrogens is 211 g/mol. The van der Waals surface area contributed by atoms with Crippen LogP contribution in [0, 0.1) is 0 Å². The van der Waals surface area contributed by atoms with E-state index in [-0.39, 0.29) is 6.42 Å². The molecule has 0 fully saturated rings. The fourth-order valence-electron chi connectivity index (χ4n) is 0.995. The normalized spacial score (nSPS) is 12.5. The number of halogens is 2. The van der Waals surface area contributed by atoms with Gasteiger partial charge in [0.15, 0.2) is 0 Å². The summed E-state index contributed by atoms with van der Waals surface area (Å²) < 4.78 is 0. The van der Waals surface area contributed by atoms with Gasteiger partial charge in [-0.05, 0) is 23.8 Å². The summed E-state index contributed by atoms with van der Waals surface area (Å²) in [5.41, 5.74) is 0.560. The van der Waals surface area contributed by atoms with Crippen molar-refractivity contribution >= 4 is 29.5 Å². The largest absolute Gasteiger partial charge is 0.388 e. The summed E-state index contributed by atoms with van der Waals surface area (Å²) >= 11 is 11.4. The molecule has 0 spiro atoms. The van der Waals surface area contributed by atoms with E-state index in [9.17, 15) is 9.90 Å². The fraction of sp³-hybridized carbons (Fsp3) is 0.222. The Morgan fingerprint density at radius 1 is 1.31 bits per heavy atom. The molecule has 0 heterocycles. The number of aldehydes is 1. The lowest BCUT2D eigenvalue weighted by atomic mass is 10.1. The summed E-state index contributed by atoms with van der Waals surface area (Å²) in [6, 6.07) is 4.74. The van der Waals surface area contributed by atoms with Gasteiger partial charge >= 0.3 is 0 Å². The van der Waals surface area contributed by atoms with Crippen LogP contribution in [0.5, 0.6) is 0 Å². The highest BCUT2D eigenvalue weighted by atomic mass is 35.5. The van der Waals surface area contributed by atoms with Crippen molar-refractivity contribution in [3.05, 3.63) is 33.8 Å². The zero-order valence-corrected chi connectivity index (χ0v) is 8.22. The van der Waals surface area contributed by atoms with Gasteiger partial charge in [-0.15, -0.1) is 0 Å². The van der Waals surface area contributed by atoms with Crippen molar-refractivity contribution in [1.29, 1.82) is 0 Å². The van der Waals surface area contributed by atoms with E-state index in [1.807, 2.05) is 0 Å². The van der Waals surface area contributed by atoms with Crippen molar-refractivity contribution < 1.29 is 9.90 Å². The Balaban J connectivity index is 2.93.